The maximum Gasteiger partial charge on any atom is 0.573 e. The van der Waals surface area contributed by atoms with Crippen molar-refractivity contribution < 1.29 is 27.4 Å². The summed E-state index contributed by atoms with van der Waals surface area (Å²) in [5, 5.41) is 8.91. The van der Waals surface area contributed by atoms with Crippen LogP contribution in [0.25, 0.3) is 0 Å². The highest BCUT2D eigenvalue weighted by Gasteiger charge is 2.33. The van der Waals surface area contributed by atoms with E-state index < -0.39 is 23.6 Å². The van der Waals surface area contributed by atoms with E-state index in [1.54, 1.807) is 0 Å². The predicted molar refractivity (Wildman–Crippen MR) is 58.7 cm³/mol. The third-order valence-corrected chi connectivity index (χ3v) is 2.41. The molecule has 0 aliphatic heterocycles. The molecular weight excluding hydrogens is 287 g/mol. The quantitative estimate of drug-likeness (QED) is 0.635. The Balaban J connectivity index is 3.46. The minimum absolute atomic E-state index is 0.161. The fourth-order valence-electron chi connectivity index (χ4n) is 1.39. The maximum atomic E-state index is 12.2. The number of nitrogens with zero attached hydrogens (tertiary/aromatic N) is 1. The summed E-state index contributed by atoms with van der Waals surface area (Å²) >= 11 is 5.57. The zero-order valence-corrected chi connectivity index (χ0v) is 10.3. The maximum absolute atomic E-state index is 12.2. The summed E-state index contributed by atoms with van der Waals surface area (Å²) in [5.41, 5.74) is -0.719. The first-order chi connectivity index (χ1) is 8.84. The average Bonchev–Trinajstić information content (AvgIpc) is 2.35. The minimum Gasteiger partial charge on any atom is -0.465 e. The van der Waals surface area contributed by atoms with E-state index in [4.69, 9.17) is 16.9 Å². The zero-order chi connectivity index (χ0) is 14.6. The van der Waals surface area contributed by atoms with E-state index in [0.29, 0.717) is 0 Å². The van der Waals surface area contributed by atoms with Gasteiger partial charge < -0.3 is 9.47 Å². The lowest BCUT2D eigenvalue weighted by Crippen LogP contribution is -2.19. The van der Waals surface area contributed by atoms with Gasteiger partial charge >= 0.3 is 12.3 Å². The monoisotopic (exact) mass is 293 g/mol. The number of methoxy groups -OCH3 is 1. The second-order valence-electron chi connectivity index (χ2n) is 3.26. The smallest absolute Gasteiger partial charge is 0.465 e. The van der Waals surface area contributed by atoms with Crippen LogP contribution in [0.2, 0.25) is 0 Å². The third kappa shape index (κ3) is 3.51. The number of benzene rings is 1. The number of esters is 1. The third-order valence-electron chi connectivity index (χ3n) is 2.12. The van der Waals surface area contributed by atoms with Crippen LogP contribution in [-0.2, 0) is 10.6 Å². The Hall–Kier alpha value is -1.94. The molecule has 1 aromatic carbocycles. The first-order valence-corrected chi connectivity index (χ1v) is 5.33. The van der Waals surface area contributed by atoms with Crippen LogP contribution in [0.15, 0.2) is 12.1 Å². The Labute approximate surface area is 111 Å². The van der Waals surface area contributed by atoms with E-state index in [1.165, 1.54) is 12.1 Å². The molecule has 0 amide bonds. The van der Waals surface area contributed by atoms with Crippen molar-refractivity contribution in [1.29, 1.82) is 5.26 Å². The van der Waals surface area contributed by atoms with Crippen molar-refractivity contribution in [3.05, 3.63) is 28.8 Å². The summed E-state index contributed by atoms with van der Waals surface area (Å²) in [5.74, 6) is -1.89. The number of hydrogen-bond donors (Lipinski definition) is 0. The molecule has 0 atom stereocenters. The van der Waals surface area contributed by atoms with Crippen molar-refractivity contribution in [3.8, 4) is 11.8 Å². The lowest BCUT2D eigenvalue weighted by atomic mass is 10.0. The Morgan fingerprint density at radius 3 is 2.53 bits per heavy atom. The van der Waals surface area contributed by atoms with Gasteiger partial charge in [-0.25, -0.2) is 4.79 Å². The van der Waals surface area contributed by atoms with Gasteiger partial charge in [0.15, 0.2) is 0 Å². The highest BCUT2D eigenvalue weighted by Crippen LogP contribution is 2.31. The second kappa shape index (κ2) is 5.80. The zero-order valence-electron chi connectivity index (χ0n) is 9.55. The molecular formula is C11H7ClF3NO3. The molecule has 0 aliphatic carbocycles. The van der Waals surface area contributed by atoms with Gasteiger partial charge in [-0.15, -0.1) is 24.8 Å². The predicted octanol–water partition coefficient (Wildman–Crippen LogP) is 2.98. The second-order valence-corrected chi connectivity index (χ2v) is 3.52. The molecule has 4 nitrogen and oxygen atoms in total. The van der Waals surface area contributed by atoms with Crippen molar-refractivity contribution in [2.75, 3.05) is 7.11 Å². The molecule has 102 valence electrons. The Kier molecular flexibility index (Phi) is 4.62. The van der Waals surface area contributed by atoms with Crippen molar-refractivity contribution in [1.82, 2.24) is 0 Å². The van der Waals surface area contributed by atoms with Crippen LogP contribution in [-0.4, -0.2) is 19.4 Å². The number of halogens is 4. The molecule has 0 heterocycles. The van der Waals surface area contributed by atoms with Gasteiger partial charge in [0.1, 0.15) is 17.4 Å². The van der Waals surface area contributed by atoms with Crippen LogP contribution in [0.3, 0.4) is 0 Å². The summed E-state index contributed by atoms with van der Waals surface area (Å²) in [6, 6.07) is 3.59. The number of alkyl halides is 4. The Morgan fingerprint density at radius 2 is 2.11 bits per heavy atom. The summed E-state index contributed by atoms with van der Waals surface area (Å²) in [6.45, 7) is 0. The highest BCUT2D eigenvalue weighted by molar-refractivity contribution is 6.17. The van der Waals surface area contributed by atoms with E-state index >= 15 is 0 Å². The molecule has 0 aliphatic rings. The van der Waals surface area contributed by atoms with E-state index in [0.717, 1.165) is 13.2 Å². The molecule has 0 spiro atoms. The van der Waals surface area contributed by atoms with Gasteiger partial charge in [0, 0.05) is 5.88 Å². The molecule has 1 aromatic rings. The van der Waals surface area contributed by atoms with E-state index in [9.17, 15) is 18.0 Å². The van der Waals surface area contributed by atoms with Gasteiger partial charge in [-0.3, -0.25) is 0 Å². The summed E-state index contributed by atoms with van der Waals surface area (Å²) in [7, 11) is 1.04. The number of rotatable bonds is 3. The lowest BCUT2D eigenvalue weighted by molar-refractivity contribution is -0.274. The molecule has 0 unspecified atom stereocenters. The molecule has 0 saturated heterocycles. The molecule has 0 fully saturated rings. The van der Waals surface area contributed by atoms with Gasteiger partial charge in [-0.1, -0.05) is 6.07 Å². The van der Waals surface area contributed by atoms with Gasteiger partial charge in [-0.05, 0) is 11.6 Å². The van der Waals surface area contributed by atoms with Gasteiger partial charge in [0.05, 0.1) is 12.7 Å². The number of ether oxygens (including phenoxy) is 2. The van der Waals surface area contributed by atoms with Crippen LogP contribution < -0.4 is 4.74 Å². The van der Waals surface area contributed by atoms with Crippen LogP contribution in [0.5, 0.6) is 5.75 Å². The summed E-state index contributed by atoms with van der Waals surface area (Å²) in [6.07, 6.45) is -4.97. The van der Waals surface area contributed by atoms with Crippen molar-refractivity contribution in [3.63, 3.8) is 0 Å². The largest absolute Gasteiger partial charge is 0.573 e. The number of carbonyl (C=O) groups is 1. The van der Waals surface area contributed by atoms with E-state index in [2.05, 4.69) is 9.47 Å². The molecule has 0 aromatic heterocycles. The molecule has 8 heteroatoms. The molecule has 19 heavy (non-hydrogen) atoms. The first-order valence-electron chi connectivity index (χ1n) is 4.80. The van der Waals surface area contributed by atoms with E-state index in [1.807, 2.05) is 0 Å². The van der Waals surface area contributed by atoms with Crippen LogP contribution >= 0.6 is 11.6 Å². The SMILES string of the molecule is COC(=O)c1c(CCl)ccc(OC(F)(F)F)c1C#N. The van der Waals surface area contributed by atoms with Crippen LogP contribution in [0.4, 0.5) is 13.2 Å². The highest BCUT2D eigenvalue weighted by atomic mass is 35.5. The average molecular weight is 294 g/mol. The number of carbonyl (C=O) groups excluding carboxylic acids is 1. The Morgan fingerprint density at radius 1 is 1.47 bits per heavy atom. The Bertz CT molecular complexity index is 537. The fourth-order valence-corrected chi connectivity index (χ4v) is 1.62. The molecule has 0 saturated carbocycles. The number of nitriles is 1. The number of hydrogen-bond acceptors (Lipinski definition) is 4. The van der Waals surface area contributed by atoms with Crippen molar-refractivity contribution in [2.24, 2.45) is 0 Å². The molecule has 1 rings (SSSR count). The van der Waals surface area contributed by atoms with Crippen molar-refractivity contribution in [2.45, 2.75) is 12.2 Å². The first kappa shape index (κ1) is 15.1. The van der Waals surface area contributed by atoms with E-state index in [-0.39, 0.29) is 17.0 Å². The topological polar surface area (TPSA) is 59.3 Å². The van der Waals surface area contributed by atoms with Crippen LogP contribution in [0, 0.1) is 11.3 Å². The van der Waals surface area contributed by atoms with Gasteiger partial charge in [0.25, 0.3) is 0 Å². The van der Waals surface area contributed by atoms with Crippen LogP contribution in [0.1, 0.15) is 21.5 Å². The fraction of sp³-hybridized carbons (Fsp3) is 0.273. The van der Waals surface area contributed by atoms with Gasteiger partial charge in [-0.2, -0.15) is 5.26 Å². The lowest BCUT2D eigenvalue weighted by Gasteiger charge is -2.14. The standard InChI is InChI=1S/C11H7ClF3NO3/c1-18-10(17)9-6(4-12)2-3-8(7(9)5-16)19-11(13,14)15/h2-3H,4H2,1H3. The van der Waals surface area contributed by atoms with Crippen molar-refractivity contribution >= 4 is 17.6 Å². The molecule has 0 N–H and O–H groups in total. The van der Waals surface area contributed by atoms with Gasteiger partial charge in [0.2, 0.25) is 0 Å². The molecule has 0 bridgehead atoms. The molecule has 0 radical (unpaired) electrons. The minimum atomic E-state index is -4.97. The summed E-state index contributed by atoms with van der Waals surface area (Å²) < 4.78 is 44.6. The summed E-state index contributed by atoms with van der Waals surface area (Å²) in [4.78, 5) is 11.5. The normalized spacial score (nSPS) is 10.7.